The summed E-state index contributed by atoms with van der Waals surface area (Å²) in [6.07, 6.45) is 4.49. The molecule has 132 valence electrons. The number of benzene rings is 2. The van der Waals surface area contributed by atoms with Gasteiger partial charge < -0.3 is 0 Å². The summed E-state index contributed by atoms with van der Waals surface area (Å²) in [5, 5.41) is 1.65. The van der Waals surface area contributed by atoms with Crippen molar-refractivity contribution in [1.82, 2.24) is 0 Å². The maximum atomic E-state index is 14.2. The molecule has 2 nitrogen and oxygen atoms in total. The Labute approximate surface area is 151 Å². The molecule has 0 amide bonds. The molecule has 0 aliphatic heterocycles. The Morgan fingerprint density at radius 1 is 0.880 bits per heavy atom. The van der Waals surface area contributed by atoms with Gasteiger partial charge in [-0.3, -0.25) is 4.57 Å². The minimum absolute atomic E-state index is 0.150. The van der Waals surface area contributed by atoms with Crippen LogP contribution in [0, 0.1) is 11.3 Å². The van der Waals surface area contributed by atoms with Crippen LogP contribution in [-0.4, -0.2) is 5.71 Å². The molecule has 1 unspecified atom stereocenters. The van der Waals surface area contributed by atoms with Gasteiger partial charge >= 0.3 is 0 Å². The second kappa shape index (κ2) is 7.30. The summed E-state index contributed by atoms with van der Waals surface area (Å²) in [4.78, 5) is 0. The summed E-state index contributed by atoms with van der Waals surface area (Å²) in [5.74, 6) is 0.405. The fourth-order valence-corrected chi connectivity index (χ4v) is 6.04. The molecule has 0 bridgehead atoms. The van der Waals surface area contributed by atoms with Crippen LogP contribution in [0.15, 0.2) is 65.4 Å². The van der Waals surface area contributed by atoms with Gasteiger partial charge in [-0.05, 0) is 48.9 Å². The zero-order valence-electron chi connectivity index (χ0n) is 15.5. The standard InChI is InChI=1S/C22H28NOP/c1-22(2,3)20-16-10-11-17-21(20)23-25(24,18-12-6-4-7-13-18)19-14-8-5-9-15-19/h4-9,12-15,20H,10-11,16-17H2,1-3H3/b23-21+. The minimum atomic E-state index is -3.01. The summed E-state index contributed by atoms with van der Waals surface area (Å²) < 4.78 is 19.2. The van der Waals surface area contributed by atoms with E-state index in [1.165, 1.54) is 6.42 Å². The molecular weight excluding hydrogens is 325 g/mol. The lowest BCUT2D eigenvalue weighted by Gasteiger charge is -2.35. The van der Waals surface area contributed by atoms with Gasteiger partial charge in [0.1, 0.15) is 0 Å². The van der Waals surface area contributed by atoms with E-state index in [-0.39, 0.29) is 5.41 Å². The van der Waals surface area contributed by atoms with Crippen molar-refractivity contribution in [2.24, 2.45) is 16.1 Å². The fraction of sp³-hybridized carbons (Fsp3) is 0.409. The molecule has 25 heavy (non-hydrogen) atoms. The zero-order valence-corrected chi connectivity index (χ0v) is 16.4. The molecule has 0 spiro atoms. The van der Waals surface area contributed by atoms with Gasteiger partial charge in [-0.1, -0.05) is 63.6 Å². The van der Waals surface area contributed by atoms with E-state index < -0.39 is 7.29 Å². The molecule has 3 heteroatoms. The van der Waals surface area contributed by atoms with Crippen molar-refractivity contribution in [1.29, 1.82) is 0 Å². The molecule has 1 atom stereocenters. The smallest absolute Gasteiger partial charge is 0.247 e. The van der Waals surface area contributed by atoms with Crippen molar-refractivity contribution in [3.8, 4) is 0 Å². The second-order valence-corrected chi connectivity index (χ2v) is 10.4. The van der Waals surface area contributed by atoms with Crippen molar-refractivity contribution in [2.45, 2.75) is 46.5 Å². The molecule has 1 aliphatic rings. The van der Waals surface area contributed by atoms with Crippen molar-refractivity contribution >= 4 is 23.6 Å². The molecule has 0 heterocycles. The monoisotopic (exact) mass is 353 g/mol. The molecule has 0 aromatic heterocycles. The molecule has 1 saturated carbocycles. The average Bonchev–Trinajstić information content (AvgIpc) is 2.63. The van der Waals surface area contributed by atoms with Crippen molar-refractivity contribution in [3.63, 3.8) is 0 Å². The third kappa shape index (κ3) is 3.96. The van der Waals surface area contributed by atoms with Crippen LogP contribution >= 0.6 is 7.29 Å². The Morgan fingerprint density at radius 2 is 1.40 bits per heavy atom. The Bertz CT molecular complexity index is 731. The number of hydrogen-bond donors (Lipinski definition) is 0. The van der Waals surface area contributed by atoms with E-state index in [1.807, 2.05) is 60.7 Å². The lowest BCUT2D eigenvalue weighted by Crippen LogP contribution is -2.32. The van der Waals surface area contributed by atoms with Gasteiger partial charge in [-0.25, -0.2) is 4.76 Å². The van der Waals surface area contributed by atoms with Crippen molar-refractivity contribution < 1.29 is 4.57 Å². The molecule has 1 fully saturated rings. The maximum absolute atomic E-state index is 14.2. The molecular formula is C22H28NOP. The van der Waals surface area contributed by atoms with Gasteiger partial charge in [0.25, 0.3) is 0 Å². The Morgan fingerprint density at radius 3 is 1.88 bits per heavy atom. The highest BCUT2D eigenvalue weighted by Gasteiger charge is 2.34. The van der Waals surface area contributed by atoms with E-state index in [0.717, 1.165) is 35.6 Å². The Kier molecular flexibility index (Phi) is 5.29. The Hall–Kier alpha value is -1.66. The SMILES string of the molecule is CC(C)(C)C1CCCC/C1=N\P(=O)(c1ccccc1)c1ccccc1. The van der Waals surface area contributed by atoms with Crippen LogP contribution < -0.4 is 10.6 Å². The van der Waals surface area contributed by atoms with Gasteiger partial charge in [0.2, 0.25) is 7.29 Å². The van der Waals surface area contributed by atoms with Crippen LogP contribution in [0.2, 0.25) is 0 Å². The fourth-order valence-electron chi connectivity index (χ4n) is 3.75. The second-order valence-electron chi connectivity index (χ2n) is 8.00. The van der Waals surface area contributed by atoms with Crippen molar-refractivity contribution in [2.75, 3.05) is 0 Å². The molecule has 0 N–H and O–H groups in total. The predicted molar refractivity (Wildman–Crippen MR) is 109 cm³/mol. The highest BCUT2D eigenvalue weighted by Crippen LogP contribution is 2.48. The van der Waals surface area contributed by atoms with Gasteiger partial charge in [0.05, 0.1) is 0 Å². The molecule has 1 aliphatic carbocycles. The number of hydrogen-bond acceptors (Lipinski definition) is 1. The highest BCUT2D eigenvalue weighted by atomic mass is 31.2. The average molecular weight is 353 g/mol. The summed E-state index contributed by atoms with van der Waals surface area (Å²) in [6, 6.07) is 19.5. The summed E-state index contributed by atoms with van der Waals surface area (Å²) in [6.45, 7) is 6.82. The van der Waals surface area contributed by atoms with E-state index >= 15 is 0 Å². The quantitative estimate of drug-likeness (QED) is 0.661. The van der Waals surface area contributed by atoms with Gasteiger partial charge in [0, 0.05) is 22.2 Å². The van der Waals surface area contributed by atoms with Crippen molar-refractivity contribution in [3.05, 3.63) is 60.7 Å². The highest BCUT2D eigenvalue weighted by molar-refractivity contribution is 7.77. The van der Waals surface area contributed by atoms with Gasteiger partial charge in [0.15, 0.2) is 0 Å². The number of rotatable bonds is 3. The van der Waals surface area contributed by atoms with Crippen LogP contribution in [-0.2, 0) is 4.57 Å². The first kappa shape index (κ1) is 18.1. The van der Waals surface area contributed by atoms with Crippen LogP contribution in [0.1, 0.15) is 46.5 Å². The Balaban J connectivity index is 2.14. The van der Waals surface area contributed by atoms with Crippen LogP contribution in [0.25, 0.3) is 0 Å². The summed E-state index contributed by atoms with van der Waals surface area (Å²) in [5.41, 5.74) is 1.30. The first-order valence-electron chi connectivity index (χ1n) is 9.21. The van der Waals surface area contributed by atoms with Crippen LogP contribution in [0.3, 0.4) is 0 Å². The largest absolute Gasteiger partial charge is 0.288 e. The predicted octanol–water partition coefficient (Wildman–Crippen LogP) is 5.59. The van der Waals surface area contributed by atoms with E-state index in [4.69, 9.17) is 4.76 Å². The van der Waals surface area contributed by atoms with Crippen LogP contribution in [0.5, 0.6) is 0 Å². The van der Waals surface area contributed by atoms with E-state index in [2.05, 4.69) is 20.8 Å². The molecule has 2 aromatic rings. The molecule has 0 radical (unpaired) electrons. The zero-order chi connectivity index (χ0) is 17.9. The summed E-state index contributed by atoms with van der Waals surface area (Å²) >= 11 is 0. The minimum Gasteiger partial charge on any atom is -0.288 e. The van der Waals surface area contributed by atoms with Crippen LogP contribution in [0.4, 0.5) is 0 Å². The third-order valence-electron chi connectivity index (χ3n) is 5.10. The van der Waals surface area contributed by atoms with Gasteiger partial charge in [-0.2, -0.15) is 0 Å². The molecule has 0 saturated heterocycles. The van der Waals surface area contributed by atoms with E-state index in [0.29, 0.717) is 5.92 Å². The topological polar surface area (TPSA) is 29.4 Å². The van der Waals surface area contributed by atoms with Gasteiger partial charge in [-0.15, -0.1) is 0 Å². The first-order chi connectivity index (χ1) is 11.9. The first-order valence-corrected chi connectivity index (χ1v) is 10.9. The van der Waals surface area contributed by atoms with E-state index in [1.54, 1.807) is 0 Å². The third-order valence-corrected chi connectivity index (χ3v) is 7.64. The number of nitrogens with zero attached hydrogens (tertiary/aromatic N) is 1. The maximum Gasteiger partial charge on any atom is 0.247 e. The molecule has 2 aromatic carbocycles. The lowest BCUT2D eigenvalue weighted by atomic mass is 9.71. The summed E-state index contributed by atoms with van der Waals surface area (Å²) in [7, 11) is -3.01. The lowest BCUT2D eigenvalue weighted by molar-refractivity contribution is 0.277. The molecule has 3 rings (SSSR count). The normalized spacial score (nSPS) is 20.6. The van der Waals surface area contributed by atoms with E-state index in [9.17, 15) is 4.57 Å².